The van der Waals surface area contributed by atoms with Crippen LogP contribution < -0.4 is 4.72 Å². The Hall–Kier alpha value is 0.0500. The van der Waals surface area contributed by atoms with E-state index in [1.165, 1.54) is 0 Å². The third kappa shape index (κ3) is 4.04. The highest BCUT2D eigenvalue weighted by atomic mass is 79.9. The summed E-state index contributed by atoms with van der Waals surface area (Å²) in [5.41, 5.74) is 0.982. The monoisotopic (exact) mass is 425 g/mol. The van der Waals surface area contributed by atoms with E-state index in [0.717, 1.165) is 29.5 Å². The summed E-state index contributed by atoms with van der Waals surface area (Å²) in [6.45, 7) is 3.09. The van der Waals surface area contributed by atoms with Gasteiger partial charge in [-0.25, -0.2) is 13.1 Å². The summed E-state index contributed by atoms with van der Waals surface area (Å²) >= 11 is 6.67. The summed E-state index contributed by atoms with van der Waals surface area (Å²) in [5, 5.41) is 0. The Morgan fingerprint density at radius 2 is 2.10 bits per heavy atom. The van der Waals surface area contributed by atoms with Crippen molar-refractivity contribution >= 4 is 41.9 Å². The number of sulfonamides is 1. The van der Waals surface area contributed by atoms with Gasteiger partial charge in [-0.05, 0) is 59.8 Å². The van der Waals surface area contributed by atoms with Gasteiger partial charge in [-0.2, -0.15) is 0 Å². The lowest BCUT2D eigenvalue weighted by molar-refractivity contribution is 0.105. The molecule has 1 aliphatic heterocycles. The molecular weight excluding hydrogens is 410 g/mol. The van der Waals surface area contributed by atoms with E-state index < -0.39 is 10.0 Å². The Labute approximate surface area is 136 Å². The molecule has 112 valence electrons. The fourth-order valence-electron chi connectivity index (χ4n) is 2.14. The second kappa shape index (κ2) is 6.87. The van der Waals surface area contributed by atoms with Crippen LogP contribution in [0.4, 0.5) is 0 Å². The van der Waals surface area contributed by atoms with Gasteiger partial charge in [-0.1, -0.05) is 15.9 Å². The Morgan fingerprint density at radius 1 is 1.35 bits per heavy atom. The van der Waals surface area contributed by atoms with E-state index in [2.05, 4.69) is 36.6 Å². The van der Waals surface area contributed by atoms with Crippen LogP contribution in [-0.2, 0) is 14.8 Å². The zero-order valence-electron chi connectivity index (χ0n) is 11.2. The number of rotatable bonds is 5. The van der Waals surface area contributed by atoms with E-state index in [-0.39, 0.29) is 11.0 Å². The molecule has 1 fully saturated rings. The third-order valence-electron chi connectivity index (χ3n) is 3.29. The van der Waals surface area contributed by atoms with Gasteiger partial charge in [0, 0.05) is 22.1 Å². The zero-order valence-corrected chi connectivity index (χ0v) is 15.1. The smallest absolute Gasteiger partial charge is 0.241 e. The molecule has 20 heavy (non-hydrogen) atoms. The van der Waals surface area contributed by atoms with Crippen molar-refractivity contribution in [3.05, 3.63) is 26.6 Å². The molecule has 0 bridgehead atoms. The molecule has 1 aromatic carbocycles. The van der Waals surface area contributed by atoms with E-state index in [1.54, 1.807) is 12.1 Å². The first-order valence-corrected chi connectivity index (χ1v) is 9.54. The van der Waals surface area contributed by atoms with Crippen LogP contribution in [0.15, 0.2) is 26.0 Å². The average Bonchev–Trinajstić information content (AvgIpc) is 2.86. The fraction of sp³-hybridized carbons (Fsp3) is 0.538. The minimum atomic E-state index is -3.50. The topological polar surface area (TPSA) is 55.4 Å². The normalized spacial score (nSPS) is 19.4. The van der Waals surface area contributed by atoms with Crippen molar-refractivity contribution in [2.45, 2.75) is 37.2 Å². The number of hydrogen-bond acceptors (Lipinski definition) is 3. The largest absolute Gasteiger partial charge is 0.378 e. The fourth-order valence-corrected chi connectivity index (χ4v) is 4.86. The van der Waals surface area contributed by atoms with Gasteiger partial charge in [0.2, 0.25) is 10.0 Å². The van der Waals surface area contributed by atoms with Crippen LogP contribution in [0.5, 0.6) is 0 Å². The van der Waals surface area contributed by atoms with Crippen LogP contribution in [-0.4, -0.2) is 27.7 Å². The number of halogens is 2. The van der Waals surface area contributed by atoms with Crippen LogP contribution >= 0.6 is 31.9 Å². The van der Waals surface area contributed by atoms with Gasteiger partial charge < -0.3 is 4.74 Å². The van der Waals surface area contributed by atoms with E-state index in [1.807, 2.05) is 6.92 Å². The Balaban J connectivity index is 2.04. The molecule has 0 saturated carbocycles. The van der Waals surface area contributed by atoms with Gasteiger partial charge in [0.05, 0.1) is 11.0 Å². The summed E-state index contributed by atoms with van der Waals surface area (Å²) in [6, 6.07) is 3.41. The van der Waals surface area contributed by atoms with E-state index >= 15 is 0 Å². The highest BCUT2D eigenvalue weighted by Crippen LogP contribution is 2.28. The van der Waals surface area contributed by atoms with E-state index in [0.29, 0.717) is 17.4 Å². The van der Waals surface area contributed by atoms with Gasteiger partial charge in [0.1, 0.15) is 0 Å². The second-order valence-corrected chi connectivity index (χ2v) is 8.30. The van der Waals surface area contributed by atoms with Crippen molar-refractivity contribution < 1.29 is 13.2 Å². The van der Waals surface area contributed by atoms with Crippen LogP contribution in [0.3, 0.4) is 0 Å². The number of hydrogen-bond donors (Lipinski definition) is 1. The van der Waals surface area contributed by atoms with Crippen molar-refractivity contribution in [3.8, 4) is 0 Å². The highest BCUT2D eigenvalue weighted by molar-refractivity contribution is 9.11. The first kappa shape index (κ1) is 16.4. The van der Waals surface area contributed by atoms with E-state index in [4.69, 9.17) is 4.74 Å². The van der Waals surface area contributed by atoms with Crippen LogP contribution in [0.1, 0.15) is 24.8 Å². The molecule has 7 heteroatoms. The molecule has 0 amide bonds. The molecule has 0 aliphatic carbocycles. The molecule has 0 spiro atoms. The van der Waals surface area contributed by atoms with Gasteiger partial charge >= 0.3 is 0 Å². The standard InChI is InChI=1S/C13H17Br2NO3S/c1-9-7-12(15)13(8-11(9)14)20(17,18)16-5-4-10-3-2-6-19-10/h7-8,10,16H,2-6H2,1H3. The summed E-state index contributed by atoms with van der Waals surface area (Å²) in [6.07, 6.45) is 2.98. The summed E-state index contributed by atoms with van der Waals surface area (Å²) < 4.78 is 34.0. The summed E-state index contributed by atoms with van der Waals surface area (Å²) in [4.78, 5) is 0.252. The third-order valence-corrected chi connectivity index (χ3v) is 6.56. The quantitative estimate of drug-likeness (QED) is 0.785. The van der Waals surface area contributed by atoms with E-state index in [9.17, 15) is 8.42 Å². The molecule has 1 aliphatic rings. The molecular formula is C13H17Br2NO3S. The predicted octanol–water partition coefficient (Wildman–Crippen LogP) is 3.37. The molecule has 0 aromatic heterocycles. The minimum Gasteiger partial charge on any atom is -0.378 e. The van der Waals surface area contributed by atoms with Gasteiger partial charge in [0.15, 0.2) is 0 Å². The highest BCUT2D eigenvalue weighted by Gasteiger charge is 2.20. The van der Waals surface area contributed by atoms with Crippen LogP contribution in [0, 0.1) is 6.92 Å². The van der Waals surface area contributed by atoms with Crippen molar-refractivity contribution in [2.75, 3.05) is 13.2 Å². The number of nitrogens with one attached hydrogen (secondary N) is 1. The Kier molecular flexibility index (Phi) is 5.64. The lowest BCUT2D eigenvalue weighted by Gasteiger charge is -2.12. The van der Waals surface area contributed by atoms with Crippen molar-refractivity contribution in [2.24, 2.45) is 0 Å². The lowest BCUT2D eigenvalue weighted by Crippen LogP contribution is -2.27. The maximum absolute atomic E-state index is 12.3. The summed E-state index contributed by atoms with van der Waals surface area (Å²) in [7, 11) is -3.50. The predicted molar refractivity (Wildman–Crippen MR) is 85.4 cm³/mol. The molecule has 1 N–H and O–H groups in total. The van der Waals surface area contributed by atoms with Crippen LogP contribution in [0.25, 0.3) is 0 Å². The molecule has 1 aromatic rings. The molecule has 1 saturated heterocycles. The Morgan fingerprint density at radius 3 is 2.75 bits per heavy atom. The second-order valence-electron chi connectivity index (χ2n) is 4.85. The molecule has 1 atom stereocenters. The first-order valence-electron chi connectivity index (χ1n) is 6.47. The molecule has 1 heterocycles. The van der Waals surface area contributed by atoms with Crippen molar-refractivity contribution in [1.29, 1.82) is 0 Å². The van der Waals surface area contributed by atoms with Gasteiger partial charge in [-0.15, -0.1) is 0 Å². The number of ether oxygens (including phenoxy) is 1. The van der Waals surface area contributed by atoms with Crippen LogP contribution in [0.2, 0.25) is 0 Å². The minimum absolute atomic E-state index is 0.186. The molecule has 1 unspecified atom stereocenters. The zero-order chi connectivity index (χ0) is 14.8. The van der Waals surface area contributed by atoms with Crippen molar-refractivity contribution in [3.63, 3.8) is 0 Å². The number of aryl methyl sites for hydroxylation is 1. The SMILES string of the molecule is Cc1cc(Br)c(S(=O)(=O)NCCC2CCCO2)cc1Br. The lowest BCUT2D eigenvalue weighted by atomic mass is 10.2. The maximum atomic E-state index is 12.3. The van der Waals surface area contributed by atoms with Gasteiger partial charge in [0.25, 0.3) is 0 Å². The molecule has 4 nitrogen and oxygen atoms in total. The molecule has 2 rings (SSSR count). The maximum Gasteiger partial charge on any atom is 0.241 e. The first-order chi connectivity index (χ1) is 9.40. The van der Waals surface area contributed by atoms with Crippen molar-refractivity contribution in [1.82, 2.24) is 4.72 Å². The molecule has 0 radical (unpaired) electrons. The summed E-state index contributed by atoms with van der Waals surface area (Å²) in [5.74, 6) is 0. The Bertz CT molecular complexity index is 584. The average molecular weight is 427 g/mol. The van der Waals surface area contributed by atoms with Gasteiger partial charge in [-0.3, -0.25) is 0 Å². The number of benzene rings is 1.